The van der Waals surface area contributed by atoms with E-state index >= 15 is 0 Å². The number of carbonyl (C=O) groups excluding carboxylic acids is 1. The molecule has 1 aliphatic rings. The van der Waals surface area contributed by atoms with Crippen LogP contribution in [-0.4, -0.2) is 70.1 Å². The number of hydrogen-bond acceptors (Lipinski definition) is 7. The van der Waals surface area contributed by atoms with Crippen molar-refractivity contribution in [2.75, 3.05) is 38.1 Å². The first kappa shape index (κ1) is 27.6. The monoisotopic (exact) mass is 579 g/mol. The fourth-order valence-corrected chi connectivity index (χ4v) is 6.46. The van der Waals surface area contributed by atoms with Gasteiger partial charge < -0.3 is 25.6 Å². The van der Waals surface area contributed by atoms with E-state index in [-0.39, 0.29) is 5.88 Å². The summed E-state index contributed by atoms with van der Waals surface area (Å²) in [6.45, 7) is 6.08. The van der Waals surface area contributed by atoms with Gasteiger partial charge in [0.05, 0.1) is 33.7 Å². The van der Waals surface area contributed by atoms with Crippen LogP contribution < -0.4 is 10.6 Å². The number of hydrogen-bond donors (Lipinski definition) is 3. The minimum atomic E-state index is -0.494. The van der Waals surface area contributed by atoms with E-state index in [2.05, 4.69) is 44.1 Å². The van der Waals surface area contributed by atoms with Crippen molar-refractivity contribution < 1.29 is 9.90 Å². The number of aromatic hydroxyl groups is 1. The first-order valence-corrected chi connectivity index (χ1v) is 14.6. The molecule has 0 aliphatic carbocycles. The van der Waals surface area contributed by atoms with Gasteiger partial charge in [0.25, 0.3) is 0 Å². The van der Waals surface area contributed by atoms with Gasteiger partial charge in [-0.25, -0.2) is 0 Å². The zero-order chi connectivity index (χ0) is 29.4. The molecule has 0 bridgehead atoms. The zero-order valence-electron chi connectivity index (χ0n) is 23.8. The lowest BCUT2D eigenvalue weighted by Crippen LogP contribution is -2.44. The second kappa shape index (κ2) is 11.4. The van der Waals surface area contributed by atoms with E-state index in [1.807, 2.05) is 62.5 Å². The molecule has 0 saturated carbocycles. The predicted molar refractivity (Wildman–Crippen MR) is 169 cm³/mol. The number of aromatic amines is 1. The molecular formula is C32H33N7O2S. The van der Waals surface area contributed by atoms with Gasteiger partial charge in [0.2, 0.25) is 5.91 Å². The average Bonchev–Trinajstić information content (AvgIpc) is 3.48. The maximum atomic E-state index is 12.4. The van der Waals surface area contributed by atoms with Gasteiger partial charge in [-0.3, -0.25) is 14.5 Å². The Kier molecular flexibility index (Phi) is 7.49. The summed E-state index contributed by atoms with van der Waals surface area (Å²) in [6.07, 6.45) is 1.69. The Balaban J connectivity index is 1.26. The Hall–Kier alpha value is -4.54. The van der Waals surface area contributed by atoms with Crippen molar-refractivity contribution in [1.29, 1.82) is 0 Å². The van der Waals surface area contributed by atoms with Gasteiger partial charge in [0.1, 0.15) is 0 Å². The normalized spacial score (nSPS) is 14.3. The number of H-pyrrole nitrogens is 1. The predicted octanol–water partition coefficient (Wildman–Crippen LogP) is 5.33. The SMILES string of the molecule is Cc1cc(-c2cccc(C(N)=O)c2Sc2ccc3c(C=Nc4ccc(N5CCN(C)CC5)cc4)c(O)[nH]c3c2)n(C)n1. The number of aryl methyl sites for hydroxylation is 2. The topological polar surface area (TPSA) is 116 Å². The van der Waals surface area contributed by atoms with E-state index < -0.39 is 5.91 Å². The number of carbonyl (C=O) groups is 1. The molecule has 42 heavy (non-hydrogen) atoms. The molecule has 1 fully saturated rings. The first-order valence-electron chi connectivity index (χ1n) is 13.8. The molecule has 1 saturated heterocycles. The molecule has 2 aromatic heterocycles. The summed E-state index contributed by atoms with van der Waals surface area (Å²) < 4.78 is 1.80. The molecule has 4 N–H and O–H groups in total. The molecule has 214 valence electrons. The molecule has 9 nitrogen and oxygen atoms in total. The quantitative estimate of drug-likeness (QED) is 0.224. The third-order valence-corrected chi connectivity index (χ3v) is 8.76. The molecule has 3 heterocycles. The summed E-state index contributed by atoms with van der Waals surface area (Å²) >= 11 is 1.45. The Morgan fingerprint density at radius 1 is 1.05 bits per heavy atom. The molecule has 10 heteroatoms. The number of benzene rings is 3. The van der Waals surface area contributed by atoms with Gasteiger partial charge in [-0.2, -0.15) is 5.10 Å². The van der Waals surface area contributed by atoms with Crippen LogP contribution in [0.4, 0.5) is 11.4 Å². The minimum absolute atomic E-state index is 0.0496. The van der Waals surface area contributed by atoms with Crippen molar-refractivity contribution in [1.82, 2.24) is 19.7 Å². The fourth-order valence-electron chi connectivity index (χ4n) is 5.35. The third-order valence-electron chi connectivity index (χ3n) is 7.63. The molecule has 5 aromatic rings. The van der Waals surface area contributed by atoms with E-state index in [9.17, 15) is 9.90 Å². The van der Waals surface area contributed by atoms with E-state index in [0.717, 1.165) is 69.5 Å². The number of nitrogens with zero attached hydrogens (tertiary/aromatic N) is 5. The maximum absolute atomic E-state index is 12.4. The highest BCUT2D eigenvalue weighted by atomic mass is 32.2. The van der Waals surface area contributed by atoms with E-state index in [0.29, 0.717) is 11.1 Å². The van der Waals surface area contributed by atoms with Gasteiger partial charge in [-0.15, -0.1) is 0 Å². The van der Waals surface area contributed by atoms with Crippen molar-refractivity contribution in [3.8, 4) is 17.1 Å². The standard InChI is InChI=1S/C32H33N7O2S/c1-20-17-29(38(3)36-20)25-5-4-6-26(31(33)40)30(25)42-23-11-12-24-27(32(41)35-28(24)18-23)19-34-21-7-9-22(10-8-21)39-15-13-37(2)14-16-39/h4-12,17-19,35,41H,13-16H2,1-3H3,(H2,33,40). The van der Waals surface area contributed by atoms with Crippen molar-refractivity contribution in [3.05, 3.63) is 83.6 Å². The van der Waals surface area contributed by atoms with Gasteiger partial charge in [0, 0.05) is 65.9 Å². The lowest BCUT2D eigenvalue weighted by atomic mass is 10.1. The van der Waals surface area contributed by atoms with Crippen molar-refractivity contribution in [2.45, 2.75) is 16.7 Å². The molecule has 6 rings (SSSR count). The molecule has 0 spiro atoms. The maximum Gasteiger partial charge on any atom is 0.249 e. The molecule has 3 aromatic carbocycles. The van der Waals surface area contributed by atoms with Gasteiger partial charge in [-0.05, 0) is 62.5 Å². The smallest absolute Gasteiger partial charge is 0.249 e. The zero-order valence-corrected chi connectivity index (χ0v) is 24.7. The van der Waals surface area contributed by atoms with E-state index in [4.69, 9.17) is 5.73 Å². The summed E-state index contributed by atoms with van der Waals surface area (Å²) in [5.41, 5.74) is 12.3. The van der Waals surface area contributed by atoms with Crippen molar-refractivity contribution >= 4 is 46.2 Å². The highest BCUT2D eigenvalue weighted by molar-refractivity contribution is 7.99. The molecule has 1 amide bonds. The van der Waals surface area contributed by atoms with Gasteiger partial charge in [0.15, 0.2) is 5.88 Å². The Labute approximate surface area is 248 Å². The van der Waals surface area contributed by atoms with Crippen LogP contribution in [0.25, 0.3) is 22.2 Å². The minimum Gasteiger partial charge on any atom is -0.494 e. The Morgan fingerprint density at radius 2 is 1.81 bits per heavy atom. The highest BCUT2D eigenvalue weighted by Gasteiger charge is 2.19. The summed E-state index contributed by atoms with van der Waals surface area (Å²) in [7, 11) is 4.03. The van der Waals surface area contributed by atoms with Crippen LogP contribution in [0.15, 0.2) is 81.5 Å². The lowest BCUT2D eigenvalue weighted by Gasteiger charge is -2.34. The average molecular weight is 580 g/mol. The van der Waals surface area contributed by atoms with Crippen LogP contribution in [0.2, 0.25) is 0 Å². The number of aromatic nitrogens is 3. The Bertz CT molecular complexity index is 1800. The highest BCUT2D eigenvalue weighted by Crippen LogP contribution is 2.40. The van der Waals surface area contributed by atoms with Crippen LogP contribution in [-0.2, 0) is 7.05 Å². The number of nitrogens with one attached hydrogen (secondary N) is 1. The summed E-state index contributed by atoms with van der Waals surface area (Å²) in [4.78, 5) is 26.5. The van der Waals surface area contributed by atoms with Crippen LogP contribution in [0, 0.1) is 6.92 Å². The number of rotatable bonds is 7. The van der Waals surface area contributed by atoms with Crippen molar-refractivity contribution in [3.63, 3.8) is 0 Å². The molecule has 0 atom stereocenters. The second-order valence-corrected chi connectivity index (χ2v) is 11.7. The second-order valence-electron chi connectivity index (χ2n) is 10.6. The number of primary amides is 1. The number of piperazine rings is 1. The summed E-state index contributed by atoms with van der Waals surface area (Å²) in [5.74, 6) is -0.444. The van der Waals surface area contributed by atoms with Crippen LogP contribution in [0.3, 0.4) is 0 Å². The molecule has 1 aliphatic heterocycles. The van der Waals surface area contributed by atoms with E-state index in [1.54, 1.807) is 17.0 Å². The third kappa shape index (κ3) is 5.50. The number of nitrogens with two attached hydrogens (primary N) is 1. The molecule has 0 unspecified atom stereocenters. The van der Waals surface area contributed by atoms with Crippen molar-refractivity contribution in [2.24, 2.45) is 17.8 Å². The fraction of sp³-hybridized carbons (Fsp3) is 0.219. The largest absolute Gasteiger partial charge is 0.494 e. The number of fused-ring (bicyclic) bond motifs is 1. The number of likely N-dealkylation sites (N-methyl/N-ethyl adjacent to an activating group) is 1. The van der Waals surface area contributed by atoms with Crippen LogP contribution in [0.1, 0.15) is 21.6 Å². The molecule has 0 radical (unpaired) electrons. The molecular weight excluding hydrogens is 546 g/mol. The first-order chi connectivity index (χ1) is 20.3. The number of aliphatic imine (C=N–C) groups is 1. The number of amides is 1. The number of anilines is 1. The summed E-state index contributed by atoms with van der Waals surface area (Å²) in [6, 6.07) is 21.6. The Morgan fingerprint density at radius 3 is 2.50 bits per heavy atom. The van der Waals surface area contributed by atoms with E-state index in [1.165, 1.54) is 17.4 Å². The van der Waals surface area contributed by atoms with Crippen LogP contribution >= 0.6 is 11.8 Å². The van der Waals surface area contributed by atoms with Gasteiger partial charge in [-0.1, -0.05) is 30.0 Å². The van der Waals surface area contributed by atoms with Crippen LogP contribution in [0.5, 0.6) is 5.88 Å². The lowest BCUT2D eigenvalue weighted by molar-refractivity contribution is 0.0997. The summed E-state index contributed by atoms with van der Waals surface area (Å²) in [5, 5.41) is 16.1. The van der Waals surface area contributed by atoms with Gasteiger partial charge >= 0.3 is 0 Å².